The van der Waals surface area contributed by atoms with Gasteiger partial charge in [0, 0.05) is 62.9 Å². The van der Waals surface area contributed by atoms with E-state index in [9.17, 15) is 24.3 Å². The van der Waals surface area contributed by atoms with Gasteiger partial charge in [0.1, 0.15) is 18.3 Å². The number of carbonyl (C=O) groups is 4. The van der Waals surface area contributed by atoms with Crippen molar-refractivity contribution in [1.29, 1.82) is 0 Å². The van der Waals surface area contributed by atoms with Crippen LogP contribution in [0.25, 0.3) is 0 Å². The Morgan fingerprint density at radius 1 is 1.00 bits per heavy atom. The molecule has 2 saturated carbocycles. The third kappa shape index (κ3) is 5.46. The normalized spacial score (nSPS) is 36.6. The maximum absolute atomic E-state index is 13.7. The third-order valence-electron chi connectivity index (χ3n) is 11.1. The van der Waals surface area contributed by atoms with Crippen molar-refractivity contribution in [3.63, 3.8) is 0 Å². The molecule has 9 nitrogen and oxygen atoms in total. The second-order valence-corrected chi connectivity index (χ2v) is 14.1. The summed E-state index contributed by atoms with van der Waals surface area (Å²) in [5, 5.41) is 13.0. The Kier molecular flexibility index (Phi) is 9.92. The van der Waals surface area contributed by atoms with Crippen LogP contribution in [0.3, 0.4) is 0 Å². The SMILES string of the molecule is CCCCCCCCCC(=O)O[C@@]12[C@H](OC(C)=O)[C@@H](C)[C@@]3(O)[C@@H](C=C(COC(C)=O)C[C@]4(OC)C(=O)C(C)=C[C@@H]34)[C@@H]1C2(C)C. The predicted molar refractivity (Wildman–Crippen MR) is 163 cm³/mol. The van der Waals surface area contributed by atoms with Crippen molar-refractivity contribution in [3.05, 3.63) is 23.3 Å². The molecule has 246 valence electrons. The van der Waals surface area contributed by atoms with Crippen LogP contribution in [-0.2, 0) is 38.1 Å². The Hall–Kier alpha value is -2.52. The molecule has 0 aromatic heterocycles. The van der Waals surface area contributed by atoms with E-state index in [1.165, 1.54) is 40.2 Å². The van der Waals surface area contributed by atoms with Crippen LogP contribution in [0.1, 0.15) is 106 Å². The fourth-order valence-corrected chi connectivity index (χ4v) is 8.92. The van der Waals surface area contributed by atoms with Gasteiger partial charge in [0.25, 0.3) is 0 Å². The van der Waals surface area contributed by atoms with E-state index in [2.05, 4.69) is 6.92 Å². The first kappa shape index (κ1) is 34.4. The molecule has 0 heterocycles. The van der Waals surface area contributed by atoms with Crippen molar-refractivity contribution in [2.24, 2.45) is 29.1 Å². The molecule has 4 aliphatic carbocycles. The lowest BCUT2D eigenvalue weighted by Crippen LogP contribution is -2.66. The second kappa shape index (κ2) is 12.7. The van der Waals surface area contributed by atoms with Crippen molar-refractivity contribution in [3.8, 4) is 0 Å². The van der Waals surface area contributed by atoms with E-state index < -0.39 is 63.9 Å². The van der Waals surface area contributed by atoms with Crippen LogP contribution in [0.15, 0.2) is 23.3 Å². The van der Waals surface area contributed by atoms with Gasteiger partial charge in [-0.1, -0.05) is 78.4 Å². The highest BCUT2D eigenvalue weighted by Gasteiger charge is 2.88. The van der Waals surface area contributed by atoms with Crippen molar-refractivity contribution >= 4 is 23.7 Å². The number of carbonyl (C=O) groups excluding carboxylic acids is 4. The highest BCUT2D eigenvalue weighted by molar-refractivity contribution is 6.05. The summed E-state index contributed by atoms with van der Waals surface area (Å²) < 4.78 is 23.8. The first-order chi connectivity index (χ1) is 20.6. The van der Waals surface area contributed by atoms with Crippen LogP contribution in [0.2, 0.25) is 0 Å². The molecule has 0 saturated heterocycles. The second-order valence-electron chi connectivity index (χ2n) is 14.1. The van der Waals surface area contributed by atoms with Crippen molar-refractivity contribution in [1.82, 2.24) is 0 Å². The predicted octanol–water partition coefficient (Wildman–Crippen LogP) is 5.42. The summed E-state index contributed by atoms with van der Waals surface area (Å²) in [7, 11) is 1.46. The molecule has 0 amide bonds. The summed E-state index contributed by atoms with van der Waals surface area (Å²) in [6.45, 7) is 12.2. The average molecular weight is 617 g/mol. The van der Waals surface area contributed by atoms with E-state index in [4.69, 9.17) is 18.9 Å². The summed E-state index contributed by atoms with van der Waals surface area (Å²) in [6, 6.07) is 0. The van der Waals surface area contributed by atoms with Gasteiger partial charge in [-0.2, -0.15) is 0 Å². The molecule has 0 unspecified atom stereocenters. The maximum Gasteiger partial charge on any atom is 0.306 e. The average Bonchev–Trinajstić information content (AvgIpc) is 3.37. The lowest BCUT2D eigenvalue weighted by Gasteiger charge is -2.53. The summed E-state index contributed by atoms with van der Waals surface area (Å²) in [4.78, 5) is 51.6. The number of hydrogen-bond acceptors (Lipinski definition) is 9. The molecule has 1 N–H and O–H groups in total. The molecule has 0 aromatic carbocycles. The highest BCUT2D eigenvalue weighted by atomic mass is 16.6. The van der Waals surface area contributed by atoms with Gasteiger partial charge < -0.3 is 24.1 Å². The quantitative estimate of drug-likeness (QED) is 0.125. The topological polar surface area (TPSA) is 125 Å². The number of rotatable bonds is 13. The highest BCUT2D eigenvalue weighted by Crippen LogP contribution is 2.77. The third-order valence-corrected chi connectivity index (χ3v) is 11.1. The number of esters is 3. The van der Waals surface area contributed by atoms with Gasteiger partial charge in [-0.25, -0.2) is 0 Å². The van der Waals surface area contributed by atoms with Crippen molar-refractivity contribution in [2.45, 2.75) is 129 Å². The molecule has 0 radical (unpaired) electrons. The molecule has 4 rings (SSSR count). The molecule has 44 heavy (non-hydrogen) atoms. The number of fused-ring (bicyclic) bond motifs is 5. The van der Waals surface area contributed by atoms with E-state index in [1.54, 1.807) is 19.9 Å². The minimum Gasteiger partial charge on any atom is -0.461 e. The van der Waals surface area contributed by atoms with Gasteiger partial charge in [0.05, 0.1) is 5.60 Å². The molecule has 4 aliphatic rings. The standard InChI is InChI=1S/C35H52O9/c1-9-10-11-12-13-14-15-16-28(38)44-35-29(32(35,6)7)26-18-25(20-42-23(4)36)19-33(41-8)27(17-21(2)30(33)39)34(26,40)22(3)31(35)43-24(5)37/h17-18,22,26-27,29,31,40H,9-16,19-20H2,1-8H3/t22-,26+,27-,29-,31-,33-,34-,35-/m1/s1. The van der Waals surface area contributed by atoms with E-state index in [0.717, 1.165) is 19.3 Å². The fourth-order valence-electron chi connectivity index (χ4n) is 8.92. The molecule has 2 fully saturated rings. The van der Waals surface area contributed by atoms with Gasteiger partial charge in [0.2, 0.25) is 0 Å². The summed E-state index contributed by atoms with van der Waals surface area (Å²) >= 11 is 0. The van der Waals surface area contributed by atoms with Crippen LogP contribution >= 0.6 is 0 Å². The lowest BCUT2D eigenvalue weighted by molar-refractivity contribution is -0.230. The molecule has 0 aliphatic heterocycles. The summed E-state index contributed by atoms with van der Waals surface area (Å²) in [5.74, 6) is -4.19. The summed E-state index contributed by atoms with van der Waals surface area (Å²) in [5.41, 5.74) is -3.79. The minimum absolute atomic E-state index is 0.0635. The zero-order valence-corrected chi connectivity index (χ0v) is 27.8. The van der Waals surface area contributed by atoms with E-state index in [1.807, 2.05) is 19.9 Å². The van der Waals surface area contributed by atoms with Crippen LogP contribution in [0, 0.1) is 29.1 Å². The van der Waals surface area contributed by atoms with Gasteiger partial charge in [-0.3, -0.25) is 19.2 Å². The molecule has 0 bridgehead atoms. The molecular formula is C35H52O9. The van der Waals surface area contributed by atoms with Gasteiger partial charge in [-0.15, -0.1) is 0 Å². The van der Waals surface area contributed by atoms with E-state index in [-0.39, 0.29) is 31.2 Å². The number of Topliss-reactive ketones (excluding diaryl/α,β-unsaturated/α-hetero) is 1. The Bertz CT molecular complexity index is 1220. The molecule has 0 aromatic rings. The first-order valence-corrected chi connectivity index (χ1v) is 16.4. The van der Waals surface area contributed by atoms with Crippen molar-refractivity contribution in [2.75, 3.05) is 13.7 Å². The Balaban J connectivity index is 1.74. The minimum atomic E-state index is -1.62. The van der Waals surface area contributed by atoms with Crippen LogP contribution in [0.5, 0.6) is 0 Å². The van der Waals surface area contributed by atoms with Gasteiger partial charge >= 0.3 is 17.9 Å². The molecule has 9 heteroatoms. The molecule has 8 atom stereocenters. The lowest BCUT2D eigenvalue weighted by atomic mass is 9.59. The number of aliphatic hydroxyl groups is 1. The maximum atomic E-state index is 13.7. The van der Waals surface area contributed by atoms with Crippen molar-refractivity contribution < 1.29 is 43.2 Å². The molecule has 0 spiro atoms. The zero-order chi connectivity index (χ0) is 32.7. The Morgan fingerprint density at radius 2 is 1.64 bits per heavy atom. The van der Waals surface area contributed by atoms with E-state index >= 15 is 0 Å². The van der Waals surface area contributed by atoms with Crippen LogP contribution < -0.4 is 0 Å². The number of unbranched alkanes of at least 4 members (excludes halogenated alkanes) is 6. The first-order valence-electron chi connectivity index (χ1n) is 16.4. The van der Waals surface area contributed by atoms with Crippen LogP contribution in [0.4, 0.5) is 0 Å². The molecular weight excluding hydrogens is 564 g/mol. The monoisotopic (exact) mass is 616 g/mol. The Morgan fingerprint density at radius 3 is 2.23 bits per heavy atom. The van der Waals surface area contributed by atoms with E-state index in [0.29, 0.717) is 17.6 Å². The van der Waals surface area contributed by atoms with Crippen LogP contribution in [-0.4, -0.2) is 65.4 Å². The summed E-state index contributed by atoms with van der Waals surface area (Å²) in [6.07, 6.45) is 10.6. The largest absolute Gasteiger partial charge is 0.461 e. The zero-order valence-electron chi connectivity index (χ0n) is 27.8. The number of ether oxygens (including phenoxy) is 4. The fraction of sp³-hybridized carbons (Fsp3) is 0.771. The number of ketones is 1. The number of hydrogen-bond donors (Lipinski definition) is 1. The van der Waals surface area contributed by atoms with Gasteiger partial charge in [0.15, 0.2) is 11.4 Å². The smallest absolute Gasteiger partial charge is 0.306 e. The Labute approximate surface area is 262 Å². The van der Waals surface area contributed by atoms with Gasteiger partial charge in [-0.05, 0) is 24.5 Å². The number of methoxy groups -OCH3 is 1.